The van der Waals surface area contributed by atoms with Crippen molar-refractivity contribution < 1.29 is 9.53 Å². The molecule has 1 aliphatic heterocycles. The summed E-state index contributed by atoms with van der Waals surface area (Å²) in [6, 6.07) is 1.82. The zero-order valence-electron chi connectivity index (χ0n) is 17.0. The monoisotopic (exact) mass is 377 g/mol. The Morgan fingerprint density at radius 3 is 2.44 bits per heavy atom. The second-order valence-corrected chi connectivity index (χ2v) is 7.40. The van der Waals surface area contributed by atoms with Crippen LogP contribution in [0.4, 0.5) is 10.7 Å². The van der Waals surface area contributed by atoms with Crippen LogP contribution in [0.25, 0.3) is 0 Å². The number of ether oxygens (including phenoxy) is 1. The second kappa shape index (κ2) is 9.38. The van der Waals surface area contributed by atoms with Gasteiger partial charge in [0.2, 0.25) is 5.95 Å². The maximum atomic E-state index is 12.0. The number of hydrogen-bond acceptors (Lipinski definition) is 6. The number of rotatable bonds is 4. The number of aromatic nitrogens is 2. The first-order valence-electron chi connectivity index (χ1n) is 9.22. The van der Waals surface area contributed by atoms with Gasteiger partial charge in [-0.1, -0.05) is 0 Å². The van der Waals surface area contributed by atoms with Crippen LogP contribution in [0.3, 0.4) is 0 Å². The third kappa shape index (κ3) is 6.58. The van der Waals surface area contributed by atoms with Crippen molar-refractivity contribution in [3.8, 4) is 0 Å². The van der Waals surface area contributed by atoms with Crippen molar-refractivity contribution in [1.29, 1.82) is 0 Å². The first-order chi connectivity index (χ1) is 12.8. The van der Waals surface area contributed by atoms with E-state index in [-0.39, 0.29) is 6.09 Å². The van der Waals surface area contributed by atoms with E-state index in [2.05, 4.69) is 30.1 Å². The highest BCUT2D eigenvalue weighted by Crippen LogP contribution is 2.10. The Balaban J connectivity index is 1.75. The molecule has 0 saturated carbocycles. The van der Waals surface area contributed by atoms with Crippen molar-refractivity contribution in [3.63, 3.8) is 0 Å². The van der Waals surface area contributed by atoms with E-state index in [9.17, 15) is 4.79 Å². The van der Waals surface area contributed by atoms with E-state index >= 15 is 0 Å². The van der Waals surface area contributed by atoms with E-state index in [1.807, 2.05) is 26.8 Å². The zero-order chi connectivity index (χ0) is 19.9. The van der Waals surface area contributed by atoms with Crippen LogP contribution in [0.15, 0.2) is 23.5 Å². The van der Waals surface area contributed by atoms with Crippen molar-refractivity contribution in [2.45, 2.75) is 26.4 Å². The summed E-state index contributed by atoms with van der Waals surface area (Å²) in [6.45, 7) is 10.1. The van der Waals surface area contributed by atoms with Crippen LogP contribution in [-0.4, -0.2) is 90.8 Å². The van der Waals surface area contributed by atoms with Crippen LogP contribution in [0.1, 0.15) is 20.8 Å². The van der Waals surface area contributed by atoms with Crippen LogP contribution in [0, 0.1) is 0 Å². The molecule has 1 aliphatic rings. The molecule has 0 radical (unpaired) electrons. The number of guanidine groups is 1. The second-order valence-electron chi connectivity index (χ2n) is 7.40. The molecular formula is C18H31N7O2. The van der Waals surface area contributed by atoms with Gasteiger partial charge in [0, 0.05) is 65.8 Å². The Hall–Kier alpha value is -2.58. The fraction of sp³-hybridized carbons (Fsp3) is 0.667. The van der Waals surface area contributed by atoms with Gasteiger partial charge >= 0.3 is 6.09 Å². The summed E-state index contributed by atoms with van der Waals surface area (Å²) < 4.78 is 5.35. The Bertz CT molecular complexity index is 622. The molecule has 0 unspecified atom stereocenters. The number of anilines is 1. The minimum absolute atomic E-state index is 0.323. The summed E-state index contributed by atoms with van der Waals surface area (Å²) in [6.07, 6.45) is 3.20. The van der Waals surface area contributed by atoms with Crippen molar-refractivity contribution in [2.24, 2.45) is 4.99 Å². The quantitative estimate of drug-likeness (QED) is 0.620. The Morgan fingerprint density at radius 1 is 1.26 bits per heavy atom. The molecule has 1 amide bonds. The molecule has 150 valence electrons. The Labute approximate surface area is 161 Å². The molecular weight excluding hydrogens is 346 g/mol. The van der Waals surface area contributed by atoms with Gasteiger partial charge in [0.1, 0.15) is 5.60 Å². The van der Waals surface area contributed by atoms with Crippen molar-refractivity contribution in [3.05, 3.63) is 18.5 Å². The van der Waals surface area contributed by atoms with Crippen molar-refractivity contribution in [2.75, 3.05) is 58.3 Å². The lowest BCUT2D eigenvalue weighted by molar-refractivity contribution is 0.0302. The lowest BCUT2D eigenvalue weighted by Gasteiger charge is -2.36. The molecule has 2 heterocycles. The van der Waals surface area contributed by atoms with Gasteiger partial charge in [-0.2, -0.15) is 0 Å². The molecule has 1 saturated heterocycles. The third-order valence-corrected chi connectivity index (χ3v) is 4.06. The normalized spacial score (nSPS) is 15.5. The highest BCUT2D eigenvalue weighted by molar-refractivity contribution is 5.80. The van der Waals surface area contributed by atoms with E-state index in [0.717, 1.165) is 38.1 Å². The van der Waals surface area contributed by atoms with Crippen LogP contribution >= 0.6 is 0 Å². The lowest BCUT2D eigenvalue weighted by atomic mass is 10.2. The predicted molar refractivity (Wildman–Crippen MR) is 106 cm³/mol. The SMILES string of the molecule is CN=C(NCCN(C)C(=O)OC(C)(C)C)N1CCN(c2ncccn2)CC1. The number of likely N-dealkylation sites (N-methyl/N-ethyl adjacent to an activating group) is 1. The Morgan fingerprint density at radius 2 is 1.89 bits per heavy atom. The van der Waals surface area contributed by atoms with E-state index < -0.39 is 5.60 Å². The number of carbonyl (C=O) groups excluding carboxylic acids is 1. The Kier molecular flexibility index (Phi) is 7.20. The van der Waals surface area contributed by atoms with Crippen molar-refractivity contribution >= 4 is 18.0 Å². The fourth-order valence-electron chi connectivity index (χ4n) is 2.67. The van der Waals surface area contributed by atoms with E-state index in [4.69, 9.17) is 4.74 Å². The number of aliphatic imine (C=N–C) groups is 1. The summed E-state index contributed by atoms with van der Waals surface area (Å²) in [5.41, 5.74) is -0.489. The number of piperazine rings is 1. The highest BCUT2D eigenvalue weighted by Gasteiger charge is 2.22. The summed E-state index contributed by atoms with van der Waals surface area (Å²) >= 11 is 0. The maximum absolute atomic E-state index is 12.0. The molecule has 0 spiro atoms. The number of hydrogen-bond donors (Lipinski definition) is 1. The number of nitrogens with one attached hydrogen (secondary N) is 1. The van der Waals surface area contributed by atoms with Gasteiger partial charge in [-0.25, -0.2) is 14.8 Å². The topological polar surface area (TPSA) is 86.2 Å². The third-order valence-electron chi connectivity index (χ3n) is 4.06. The molecule has 27 heavy (non-hydrogen) atoms. The van der Waals surface area contributed by atoms with Gasteiger partial charge in [0.15, 0.2) is 5.96 Å². The maximum Gasteiger partial charge on any atom is 0.410 e. The summed E-state index contributed by atoms with van der Waals surface area (Å²) in [7, 11) is 3.50. The molecule has 0 bridgehead atoms. The minimum atomic E-state index is -0.489. The zero-order valence-corrected chi connectivity index (χ0v) is 17.0. The molecule has 1 N–H and O–H groups in total. The molecule has 2 rings (SSSR count). The molecule has 0 atom stereocenters. The average Bonchev–Trinajstić information content (AvgIpc) is 2.64. The van der Waals surface area contributed by atoms with Gasteiger partial charge < -0.3 is 24.8 Å². The van der Waals surface area contributed by atoms with Crippen molar-refractivity contribution in [1.82, 2.24) is 25.1 Å². The van der Waals surface area contributed by atoms with Crippen LogP contribution < -0.4 is 10.2 Å². The predicted octanol–water partition coefficient (Wildman–Crippen LogP) is 1.04. The van der Waals surface area contributed by atoms with Gasteiger partial charge in [-0.15, -0.1) is 0 Å². The highest BCUT2D eigenvalue weighted by atomic mass is 16.6. The molecule has 1 aromatic rings. The van der Waals surface area contributed by atoms with E-state index in [1.54, 1.807) is 31.4 Å². The van der Waals surface area contributed by atoms with Gasteiger partial charge in [-0.05, 0) is 26.8 Å². The lowest BCUT2D eigenvalue weighted by Crippen LogP contribution is -2.53. The molecule has 0 aromatic carbocycles. The van der Waals surface area contributed by atoms with E-state index in [1.165, 1.54) is 0 Å². The minimum Gasteiger partial charge on any atom is -0.444 e. The largest absolute Gasteiger partial charge is 0.444 e. The van der Waals surface area contributed by atoms with Crippen LogP contribution in [-0.2, 0) is 4.74 Å². The standard InChI is InChI=1S/C18H31N7O2/c1-18(2,3)27-17(26)23(5)10-9-22-15(19-4)24-11-13-25(14-12-24)16-20-7-6-8-21-16/h6-8H,9-14H2,1-5H3,(H,19,22). The summed E-state index contributed by atoms with van der Waals surface area (Å²) in [5.74, 6) is 1.60. The number of carbonyl (C=O) groups is 1. The molecule has 1 fully saturated rings. The van der Waals surface area contributed by atoms with Gasteiger partial charge in [0.25, 0.3) is 0 Å². The first-order valence-corrected chi connectivity index (χ1v) is 9.22. The summed E-state index contributed by atoms with van der Waals surface area (Å²) in [4.78, 5) is 30.9. The molecule has 9 heteroatoms. The average molecular weight is 377 g/mol. The molecule has 0 aliphatic carbocycles. The number of nitrogens with zero attached hydrogens (tertiary/aromatic N) is 6. The molecule has 1 aromatic heterocycles. The first kappa shape index (κ1) is 20.7. The summed E-state index contributed by atoms with van der Waals surface area (Å²) in [5, 5.41) is 3.32. The van der Waals surface area contributed by atoms with Crippen LogP contribution in [0.2, 0.25) is 0 Å². The van der Waals surface area contributed by atoms with E-state index in [0.29, 0.717) is 13.1 Å². The molecule has 9 nitrogen and oxygen atoms in total. The number of amides is 1. The van der Waals surface area contributed by atoms with Crippen LogP contribution in [0.5, 0.6) is 0 Å². The van der Waals surface area contributed by atoms with Gasteiger partial charge in [-0.3, -0.25) is 4.99 Å². The van der Waals surface area contributed by atoms with Gasteiger partial charge in [0.05, 0.1) is 0 Å². The fourth-order valence-corrected chi connectivity index (χ4v) is 2.67. The smallest absolute Gasteiger partial charge is 0.410 e.